The van der Waals surface area contributed by atoms with Gasteiger partial charge in [-0.2, -0.15) is 8.78 Å². The number of carboxylic acid groups (broad SMARTS) is 1. The van der Waals surface area contributed by atoms with Gasteiger partial charge in [-0.1, -0.05) is 0 Å². The molecule has 0 unspecified atom stereocenters. The standard InChI is InChI=1S/C7H11F2NO3/c8-6(9)13-4-5-1-2-10(3-5)7(11)12/h5-6H,1-4H2,(H,11,12)/t5-/m1/s1. The molecule has 1 saturated heterocycles. The lowest BCUT2D eigenvalue weighted by atomic mass is 10.1. The summed E-state index contributed by atoms with van der Waals surface area (Å²) in [7, 11) is 0. The Morgan fingerprint density at radius 1 is 1.69 bits per heavy atom. The SMILES string of the molecule is O=C(O)N1CC[C@@H](COC(F)F)C1. The van der Waals surface area contributed by atoms with E-state index < -0.39 is 12.7 Å². The van der Waals surface area contributed by atoms with Crippen molar-refractivity contribution in [3.63, 3.8) is 0 Å². The first-order valence-electron chi connectivity index (χ1n) is 3.97. The Hall–Kier alpha value is -0.910. The van der Waals surface area contributed by atoms with Crippen LogP contribution in [-0.4, -0.2) is 42.4 Å². The van der Waals surface area contributed by atoms with Crippen molar-refractivity contribution in [1.82, 2.24) is 4.90 Å². The predicted molar refractivity (Wildman–Crippen MR) is 39.7 cm³/mol. The maximum absolute atomic E-state index is 11.6. The van der Waals surface area contributed by atoms with Crippen LogP contribution in [0.15, 0.2) is 0 Å². The first kappa shape index (κ1) is 10.2. The molecule has 1 fully saturated rings. The highest BCUT2D eigenvalue weighted by Crippen LogP contribution is 2.17. The Morgan fingerprint density at radius 3 is 2.85 bits per heavy atom. The van der Waals surface area contributed by atoms with Gasteiger partial charge in [0, 0.05) is 19.0 Å². The fourth-order valence-corrected chi connectivity index (χ4v) is 1.35. The topological polar surface area (TPSA) is 49.8 Å². The largest absolute Gasteiger partial charge is 0.465 e. The molecule has 0 saturated carbocycles. The molecule has 1 rings (SSSR count). The normalized spacial score (nSPS) is 22.7. The molecule has 76 valence electrons. The van der Waals surface area contributed by atoms with Crippen LogP contribution in [0, 0.1) is 5.92 Å². The van der Waals surface area contributed by atoms with Gasteiger partial charge in [-0.3, -0.25) is 0 Å². The van der Waals surface area contributed by atoms with E-state index in [9.17, 15) is 13.6 Å². The number of hydrogen-bond donors (Lipinski definition) is 1. The summed E-state index contributed by atoms with van der Waals surface area (Å²) >= 11 is 0. The van der Waals surface area contributed by atoms with Gasteiger partial charge in [0.2, 0.25) is 0 Å². The molecule has 0 aromatic rings. The molecule has 13 heavy (non-hydrogen) atoms. The van der Waals surface area contributed by atoms with Crippen LogP contribution in [0.5, 0.6) is 0 Å². The van der Waals surface area contributed by atoms with Crippen molar-refractivity contribution in [3.05, 3.63) is 0 Å². The summed E-state index contributed by atoms with van der Waals surface area (Å²) in [6.45, 7) is -2.13. The van der Waals surface area contributed by atoms with Crippen molar-refractivity contribution >= 4 is 6.09 Å². The van der Waals surface area contributed by atoms with E-state index in [1.165, 1.54) is 4.90 Å². The number of nitrogens with zero attached hydrogens (tertiary/aromatic N) is 1. The molecule has 1 atom stereocenters. The number of rotatable bonds is 3. The lowest BCUT2D eigenvalue weighted by molar-refractivity contribution is -0.137. The number of alkyl halides is 2. The summed E-state index contributed by atoms with van der Waals surface area (Å²) in [5.41, 5.74) is 0. The quantitative estimate of drug-likeness (QED) is 0.736. The van der Waals surface area contributed by atoms with Crippen LogP contribution in [0.1, 0.15) is 6.42 Å². The second kappa shape index (κ2) is 4.36. The molecule has 1 N–H and O–H groups in total. The van der Waals surface area contributed by atoms with E-state index in [1.807, 2.05) is 0 Å². The number of ether oxygens (including phenoxy) is 1. The Morgan fingerprint density at radius 2 is 2.38 bits per heavy atom. The minimum atomic E-state index is -2.76. The Kier molecular flexibility index (Phi) is 3.41. The summed E-state index contributed by atoms with van der Waals surface area (Å²) in [6, 6.07) is 0. The third kappa shape index (κ3) is 3.14. The van der Waals surface area contributed by atoms with Crippen molar-refractivity contribution in [2.24, 2.45) is 5.92 Å². The molecule has 0 aromatic carbocycles. The third-order valence-electron chi connectivity index (χ3n) is 2.01. The number of hydrogen-bond acceptors (Lipinski definition) is 2. The zero-order chi connectivity index (χ0) is 9.84. The van der Waals surface area contributed by atoms with Gasteiger partial charge in [0.25, 0.3) is 0 Å². The van der Waals surface area contributed by atoms with Crippen molar-refractivity contribution in [2.75, 3.05) is 19.7 Å². The molecule has 0 bridgehead atoms. The Balaban J connectivity index is 2.21. The van der Waals surface area contributed by atoms with Crippen LogP contribution < -0.4 is 0 Å². The minimum Gasteiger partial charge on any atom is -0.465 e. The molecule has 1 heterocycles. The average molecular weight is 195 g/mol. The van der Waals surface area contributed by atoms with Gasteiger partial charge in [0.1, 0.15) is 0 Å². The van der Waals surface area contributed by atoms with Crippen LogP contribution in [0.2, 0.25) is 0 Å². The zero-order valence-corrected chi connectivity index (χ0v) is 6.95. The van der Waals surface area contributed by atoms with E-state index in [-0.39, 0.29) is 12.5 Å². The van der Waals surface area contributed by atoms with Gasteiger partial charge in [0.05, 0.1) is 6.61 Å². The van der Waals surface area contributed by atoms with Gasteiger partial charge in [-0.25, -0.2) is 4.79 Å². The summed E-state index contributed by atoms with van der Waals surface area (Å²) < 4.78 is 27.3. The first-order valence-corrected chi connectivity index (χ1v) is 3.97. The smallest absolute Gasteiger partial charge is 0.407 e. The minimum absolute atomic E-state index is 0.0680. The molecule has 1 aliphatic heterocycles. The summed E-state index contributed by atoms with van der Waals surface area (Å²) in [4.78, 5) is 11.6. The van der Waals surface area contributed by atoms with E-state index in [4.69, 9.17) is 5.11 Å². The molecular weight excluding hydrogens is 184 g/mol. The van der Waals surface area contributed by atoms with Crippen molar-refractivity contribution in [2.45, 2.75) is 13.0 Å². The molecule has 1 aliphatic rings. The van der Waals surface area contributed by atoms with Crippen LogP contribution in [0.25, 0.3) is 0 Å². The molecule has 0 spiro atoms. The van der Waals surface area contributed by atoms with Gasteiger partial charge in [0.15, 0.2) is 0 Å². The van der Waals surface area contributed by atoms with Crippen LogP contribution in [0.3, 0.4) is 0 Å². The third-order valence-corrected chi connectivity index (χ3v) is 2.01. The van der Waals surface area contributed by atoms with Gasteiger partial charge >= 0.3 is 12.7 Å². The van der Waals surface area contributed by atoms with Crippen molar-refractivity contribution in [3.8, 4) is 0 Å². The highest BCUT2D eigenvalue weighted by Gasteiger charge is 2.26. The fourth-order valence-electron chi connectivity index (χ4n) is 1.35. The highest BCUT2D eigenvalue weighted by atomic mass is 19.3. The summed E-state index contributed by atoms with van der Waals surface area (Å²) in [6.07, 6.45) is -0.404. The van der Waals surface area contributed by atoms with Crippen molar-refractivity contribution in [1.29, 1.82) is 0 Å². The first-order chi connectivity index (χ1) is 6.09. The molecule has 0 radical (unpaired) electrons. The lowest BCUT2D eigenvalue weighted by Gasteiger charge is -2.11. The van der Waals surface area contributed by atoms with E-state index in [1.54, 1.807) is 0 Å². The maximum atomic E-state index is 11.6. The molecule has 1 amide bonds. The molecular formula is C7H11F2NO3. The molecule has 4 nitrogen and oxygen atoms in total. The lowest BCUT2D eigenvalue weighted by Crippen LogP contribution is -2.27. The Labute approximate surface area is 74.1 Å². The van der Waals surface area contributed by atoms with E-state index in [0.717, 1.165) is 0 Å². The fraction of sp³-hybridized carbons (Fsp3) is 0.857. The van der Waals surface area contributed by atoms with Crippen LogP contribution in [-0.2, 0) is 4.74 Å². The van der Waals surface area contributed by atoms with Crippen LogP contribution in [0.4, 0.5) is 13.6 Å². The van der Waals surface area contributed by atoms with Crippen LogP contribution >= 0.6 is 0 Å². The maximum Gasteiger partial charge on any atom is 0.407 e. The highest BCUT2D eigenvalue weighted by molar-refractivity contribution is 5.65. The number of carbonyl (C=O) groups is 1. The number of likely N-dealkylation sites (tertiary alicyclic amines) is 1. The van der Waals surface area contributed by atoms with E-state index >= 15 is 0 Å². The predicted octanol–water partition coefficient (Wildman–Crippen LogP) is 1.23. The van der Waals surface area contributed by atoms with Crippen molar-refractivity contribution < 1.29 is 23.4 Å². The number of amides is 1. The summed E-state index contributed by atoms with van der Waals surface area (Å²) in [5.74, 6) is -0.0925. The zero-order valence-electron chi connectivity index (χ0n) is 6.95. The van der Waals surface area contributed by atoms with E-state index in [2.05, 4.69) is 4.74 Å². The van der Waals surface area contributed by atoms with Gasteiger partial charge in [-0.05, 0) is 6.42 Å². The molecule has 0 aromatic heterocycles. The Bertz CT molecular complexity index is 189. The monoisotopic (exact) mass is 195 g/mol. The van der Waals surface area contributed by atoms with Gasteiger partial charge in [-0.15, -0.1) is 0 Å². The molecule has 0 aliphatic carbocycles. The molecule has 6 heteroatoms. The summed E-state index contributed by atoms with van der Waals surface area (Å²) in [5, 5.41) is 8.55. The number of halogens is 2. The second-order valence-corrected chi connectivity index (χ2v) is 2.98. The van der Waals surface area contributed by atoms with Gasteiger partial charge < -0.3 is 14.7 Å². The second-order valence-electron chi connectivity index (χ2n) is 2.98. The average Bonchev–Trinajstić information content (AvgIpc) is 2.48. The van der Waals surface area contributed by atoms with E-state index in [0.29, 0.717) is 19.5 Å².